The summed E-state index contributed by atoms with van der Waals surface area (Å²) in [6, 6.07) is 1.74. The second-order valence-electron chi connectivity index (χ2n) is 3.43. The van der Waals surface area contributed by atoms with E-state index in [4.69, 9.17) is 10.5 Å². The molecule has 6 nitrogen and oxygen atoms in total. The number of nitrogens with two attached hydrogens (primary N) is 1. The average Bonchev–Trinajstić information content (AvgIpc) is 2.69. The number of aromatic nitrogens is 2. The number of nitrogen functional groups attached to an aromatic ring is 1. The zero-order valence-corrected chi connectivity index (χ0v) is 8.66. The molecular formula is C9H15N5O. The van der Waals surface area contributed by atoms with Crippen LogP contribution >= 0.6 is 0 Å². The molecule has 1 fully saturated rings. The predicted molar refractivity (Wildman–Crippen MR) is 57.9 cm³/mol. The maximum Gasteiger partial charge on any atom is 0.225 e. The Hall–Kier alpha value is -1.56. The van der Waals surface area contributed by atoms with Gasteiger partial charge >= 0.3 is 0 Å². The van der Waals surface area contributed by atoms with E-state index >= 15 is 0 Å². The van der Waals surface area contributed by atoms with Crippen molar-refractivity contribution >= 4 is 11.8 Å². The lowest BCUT2D eigenvalue weighted by atomic mass is 10.3. The quantitative estimate of drug-likeness (QED) is 0.641. The van der Waals surface area contributed by atoms with Crippen molar-refractivity contribution in [3.05, 3.63) is 6.07 Å². The van der Waals surface area contributed by atoms with E-state index < -0.39 is 0 Å². The van der Waals surface area contributed by atoms with Gasteiger partial charge < -0.3 is 21.1 Å². The molecule has 1 saturated heterocycles. The van der Waals surface area contributed by atoms with Crippen molar-refractivity contribution in [2.75, 3.05) is 31.2 Å². The van der Waals surface area contributed by atoms with Crippen LogP contribution in [0.3, 0.4) is 0 Å². The van der Waals surface area contributed by atoms with Crippen molar-refractivity contribution in [1.82, 2.24) is 15.3 Å². The number of rotatable bonds is 3. The molecule has 4 N–H and O–H groups in total. The molecule has 1 aromatic heterocycles. The van der Waals surface area contributed by atoms with Gasteiger partial charge in [-0.05, 0) is 13.0 Å². The van der Waals surface area contributed by atoms with Crippen molar-refractivity contribution in [1.29, 1.82) is 0 Å². The Morgan fingerprint density at radius 2 is 2.47 bits per heavy atom. The maximum absolute atomic E-state index is 5.66. The van der Waals surface area contributed by atoms with Crippen LogP contribution in [-0.2, 0) is 0 Å². The molecule has 1 aromatic rings. The molecule has 0 bridgehead atoms. The van der Waals surface area contributed by atoms with Gasteiger partial charge in [0.15, 0.2) is 0 Å². The third-order valence-corrected chi connectivity index (χ3v) is 2.28. The molecule has 2 heterocycles. The van der Waals surface area contributed by atoms with Crippen LogP contribution in [-0.4, -0.2) is 36.2 Å². The molecule has 1 aliphatic heterocycles. The van der Waals surface area contributed by atoms with Gasteiger partial charge in [0.25, 0.3) is 0 Å². The molecular weight excluding hydrogens is 194 g/mol. The second kappa shape index (κ2) is 4.31. The Morgan fingerprint density at radius 3 is 3.13 bits per heavy atom. The van der Waals surface area contributed by atoms with E-state index in [2.05, 4.69) is 20.6 Å². The Balaban J connectivity index is 2.09. The predicted octanol–water partition coefficient (Wildman–Crippen LogP) is -0.159. The second-order valence-corrected chi connectivity index (χ2v) is 3.43. The summed E-state index contributed by atoms with van der Waals surface area (Å²) in [5.41, 5.74) is 5.55. The SMILES string of the molecule is CNc1cc(OC2CCNC2)nc(N)n1. The van der Waals surface area contributed by atoms with Gasteiger partial charge in [-0.3, -0.25) is 0 Å². The fraction of sp³-hybridized carbons (Fsp3) is 0.556. The van der Waals surface area contributed by atoms with Gasteiger partial charge in [0, 0.05) is 19.7 Å². The number of hydrogen-bond acceptors (Lipinski definition) is 6. The van der Waals surface area contributed by atoms with Crippen LogP contribution in [0.2, 0.25) is 0 Å². The minimum absolute atomic E-state index is 0.184. The highest BCUT2D eigenvalue weighted by Crippen LogP contribution is 2.17. The van der Waals surface area contributed by atoms with Crippen molar-refractivity contribution < 1.29 is 4.74 Å². The molecule has 1 aliphatic rings. The Kier molecular flexibility index (Phi) is 2.86. The molecule has 0 radical (unpaired) electrons. The van der Waals surface area contributed by atoms with Gasteiger partial charge in [-0.2, -0.15) is 9.97 Å². The minimum Gasteiger partial charge on any atom is -0.473 e. The Labute approximate surface area is 88.2 Å². The van der Waals surface area contributed by atoms with Gasteiger partial charge in [-0.25, -0.2) is 0 Å². The monoisotopic (exact) mass is 209 g/mol. The van der Waals surface area contributed by atoms with E-state index in [1.165, 1.54) is 0 Å². The number of nitrogens with one attached hydrogen (secondary N) is 2. The number of ether oxygens (including phenoxy) is 1. The van der Waals surface area contributed by atoms with Crippen LogP contribution < -0.4 is 21.1 Å². The maximum atomic E-state index is 5.66. The van der Waals surface area contributed by atoms with E-state index in [0.717, 1.165) is 19.5 Å². The summed E-state index contributed by atoms with van der Waals surface area (Å²) in [7, 11) is 1.78. The lowest BCUT2D eigenvalue weighted by molar-refractivity contribution is 0.214. The first-order valence-corrected chi connectivity index (χ1v) is 4.97. The van der Waals surface area contributed by atoms with Crippen LogP contribution in [0.4, 0.5) is 11.8 Å². The van der Waals surface area contributed by atoms with E-state index in [1.54, 1.807) is 13.1 Å². The highest BCUT2D eigenvalue weighted by molar-refractivity contribution is 5.42. The molecule has 1 atom stereocenters. The third-order valence-electron chi connectivity index (χ3n) is 2.28. The number of nitrogens with zero attached hydrogens (tertiary/aromatic N) is 2. The Bertz CT molecular complexity index is 337. The van der Waals surface area contributed by atoms with E-state index in [1.807, 2.05) is 0 Å². The zero-order chi connectivity index (χ0) is 10.7. The lowest BCUT2D eigenvalue weighted by Gasteiger charge is -2.12. The van der Waals surface area contributed by atoms with E-state index in [0.29, 0.717) is 11.7 Å². The normalized spacial score (nSPS) is 20.2. The molecule has 0 saturated carbocycles. The van der Waals surface area contributed by atoms with Crippen LogP contribution in [0, 0.1) is 0 Å². The van der Waals surface area contributed by atoms with Crippen LogP contribution in [0.5, 0.6) is 5.88 Å². The smallest absolute Gasteiger partial charge is 0.225 e. The van der Waals surface area contributed by atoms with Crippen molar-refractivity contribution in [2.24, 2.45) is 0 Å². The fourth-order valence-corrected chi connectivity index (χ4v) is 1.53. The van der Waals surface area contributed by atoms with E-state index in [9.17, 15) is 0 Å². The third kappa shape index (κ3) is 2.47. The molecule has 2 rings (SSSR count). The van der Waals surface area contributed by atoms with Gasteiger partial charge in [0.05, 0.1) is 0 Å². The highest BCUT2D eigenvalue weighted by atomic mass is 16.5. The molecule has 82 valence electrons. The molecule has 0 amide bonds. The van der Waals surface area contributed by atoms with Gasteiger partial charge in [-0.15, -0.1) is 0 Å². The first-order chi connectivity index (χ1) is 7.28. The molecule has 6 heteroatoms. The number of hydrogen-bond donors (Lipinski definition) is 3. The lowest BCUT2D eigenvalue weighted by Crippen LogP contribution is -2.20. The van der Waals surface area contributed by atoms with Crippen LogP contribution in [0.15, 0.2) is 6.07 Å². The fourth-order valence-electron chi connectivity index (χ4n) is 1.53. The largest absolute Gasteiger partial charge is 0.473 e. The summed E-state index contributed by atoms with van der Waals surface area (Å²) in [6.07, 6.45) is 1.18. The molecule has 0 aromatic carbocycles. The van der Waals surface area contributed by atoms with Crippen LogP contribution in [0.25, 0.3) is 0 Å². The topological polar surface area (TPSA) is 85.1 Å². The number of anilines is 2. The van der Waals surface area contributed by atoms with Crippen molar-refractivity contribution in [2.45, 2.75) is 12.5 Å². The summed E-state index contributed by atoms with van der Waals surface area (Å²) in [5, 5.41) is 6.13. The first-order valence-electron chi connectivity index (χ1n) is 4.97. The van der Waals surface area contributed by atoms with E-state index in [-0.39, 0.29) is 12.1 Å². The standard InChI is InChI=1S/C9H15N5O/c1-11-7-4-8(14-9(10)13-7)15-6-2-3-12-5-6/h4,6,12H,2-3,5H2,1H3,(H3,10,11,13,14). The zero-order valence-electron chi connectivity index (χ0n) is 8.66. The summed E-state index contributed by atoms with van der Waals surface area (Å²) >= 11 is 0. The summed E-state index contributed by atoms with van der Waals surface area (Å²) in [6.45, 7) is 1.85. The molecule has 1 unspecified atom stereocenters. The molecule has 15 heavy (non-hydrogen) atoms. The van der Waals surface area contributed by atoms with Crippen molar-refractivity contribution in [3.63, 3.8) is 0 Å². The summed E-state index contributed by atoms with van der Waals surface area (Å²) < 4.78 is 5.66. The van der Waals surface area contributed by atoms with Crippen LogP contribution in [0.1, 0.15) is 6.42 Å². The van der Waals surface area contributed by atoms with Gasteiger partial charge in [0.2, 0.25) is 11.8 Å². The Morgan fingerprint density at radius 1 is 1.60 bits per heavy atom. The van der Waals surface area contributed by atoms with Gasteiger partial charge in [0.1, 0.15) is 11.9 Å². The molecule has 0 spiro atoms. The minimum atomic E-state index is 0.184. The highest BCUT2D eigenvalue weighted by Gasteiger charge is 2.16. The first kappa shape index (κ1) is 9.97. The average molecular weight is 209 g/mol. The summed E-state index contributed by atoms with van der Waals surface area (Å²) in [5.74, 6) is 1.42. The summed E-state index contributed by atoms with van der Waals surface area (Å²) in [4.78, 5) is 8.01. The molecule has 0 aliphatic carbocycles. The van der Waals surface area contributed by atoms with Gasteiger partial charge in [-0.1, -0.05) is 0 Å². The van der Waals surface area contributed by atoms with Crippen molar-refractivity contribution in [3.8, 4) is 5.88 Å².